The van der Waals surface area contributed by atoms with Crippen molar-refractivity contribution in [2.45, 2.75) is 31.7 Å². The van der Waals surface area contributed by atoms with E-state index in [0.717, 1.165) is 36.4 Å². The molecule has 3 aromatic carbocycles. The minimum Gasteiger partial charge on any atom is -0.496 e. The average Bonchev–Trinajstić information content (AvgIpc) is 2.86. The predicted octanol–water partition coefficient (Wildman–Crippen LogP) is 5.06. The Morgan fingerprint density at radius 2 is 1.65 bits per heavy atom. The van der Waals surface area contributed by atoms with Crippen molar-refractivity contribution >= 4 is 5.91 Å². The van der Waals surface area contributed by atoms with Gasteiger partial charge < -0.3 is 10.1 Å². The molecule has 0 radical (unpaired) electrons. The van der Waals surface area contributed by atoms with E-state index in [1.165, 1.54) is 35.4 Å². The van der Waals surface area contributed by atoms with E-state index in [0.29, 0.717) is 25.9 Å². The van der Waals surface area contributed by atoms with Gasteiger partial charge >= 0.3 is 0 Å². The number of nitrogens with zero attached hydrogens (tertiary/aromatic N) is 1. The zero-order valence-corrected chi connectivity index (χ0v) is 19.4. The molecular weight excluding hydrogens is 434 g/mol. The van der Waals surface area contributed by atoms with E-state index in [9.17, 15) is 13.6 Å². The van der Waals surface area contributed by atoms with Crippen LogP contribution in [0.1, 0.15) is 41.0 Å². The first-order valence-electron chi connectivity index (χ1n) is 11.7. The van der Waals surface area contributed by atoms with Crippen LogP contribution in [0.25, 0.3) is 0 Å². The van der Waals surface area contributed by atoms with Crippen LogP contribution in [0.2, 0.25) is 0 Å². The topological polar surface area (TPSA) is 41.6 Å². The summed E-state index contributed by atoms with van der Waals surface area (Å²) in [6, 6.07) is 18.8. The maximum absolute atomic E-state index is 13.4. The van der Waals surface area contributed by atoms with Gasteiger partial charge in [-0.3, -0.25) is 9.69 Å². The molecule has 0 aromatic heterocycles. The standard InChI is InChI=1S/C28H30F2N2O2/c1-34-27-4-2-3-20-14-17-32(19-26(20)27)18-15-28(33)31-16-13-25(21-5-9-23(29)10-6-21)22-7-11-24(30)12-8-22/h2-12,25H,13-19H2,1H3,(H,31,33). The van der Waals surface area contributed by atoms with E-state index in [2.05, 4.69) is 16.3 Å². The summed E-state index contributed by atoms with van der Waals surface area (Å²) < 4.78 is 32.3. The maximum atomic E-state index is 13.4. The van der Waals surface area contributed by atoms with Crippen LogP contribution >= 0.6 is 0 Å². The molecule has 0 atom stereocenters. The van der Waals surface area contributed by atoms with Gasteiger partial charge in [-0.25, -0.2) is 8.78 Å². The lowest BCUT2D eigenvalue weighted by Gasteiger charge is -2.29. The summed E-state index contributed by atoms with van der Waals surface area (Å²) >= 11 is 0. The fourth-order valence-corrected chi connectivity index (χ4v) is 4.61. The second kappa shape index (κ2) is 11.3. The first-order valence-corrected chi connectivity index (χ1v) is 11.7. The number of carbonyl (C=O) groups excluding carboxylic acids is 1. The highest BCUT2D eigenvalue weighted by molar-refractivity contribution is 5.76. The second-order valence-electron chi connectivity index (χ2n) is 8.67. The molecule has 0 spiro atoms. The largest absolute Gasteiger partial charge is 0.496 e. The Kier molecular flexibility index (Phi) is 7.91. The number of fused-ring (bicyclic) bond motifs is 1. The van der Waals surface area contributed by atoms with Crippen molar-refractivity contribution in [2.24, 2.45) is 0 Å². The summed E-state index contributed by atoms with van der Waals surface area (Å²) in [6.07, 6.45) is 2.00. The summed E-state index contributed by atoms with van der Waals surface area (Å²) in [5.74, 6) is 0.246. The van der Waals surface area contributed by atoms with Gasteiger partial charge in [0, 0.05) is 44.1 Å². The molecule has 1 aliphatic rings. The molecule has 3 aromatic rings. The van der Waals surface area contributed by atoms with Crippen LogP contribution in [0.4, 0.5) is 8.78 Å². The number of carbonyl (C=O) groups is 1. The molecular formula is C28H30F2N2O2. The average molecular weight is 465 g/mol. The summed E-state index contributed by atoms with van der Waals surface area (Å²) in [7, 11) is 1.69. The minimum atomic E-state index is -0.298. The molecule has 1 N–H and O–H groups in total. The zero-order valence-electron chi connectivity index (χ0n) is 19.4. The molecule has 1 amide bonds. The van der Waals surface area contributed by atoms with Crippen LogP contribution < -0.4 is 10.1 Å². The number of rotatable bonds is 9. The van der Waals surface area contributed by atoms with Crippen molar-refractivity contribution in [2.75, 3.05) is 26.7 Å². The van der Waals surface area contributed by atoms with Crippen molar-refractivity contribution in [3.05, 3.63) is 101 Å². The van der Waals surface area contributed by atoms with Gasteiger partial charge in [-0.15, -0.1) is 0 Å². The molecule has 0 saturated carbocycles. The third-order valence-electron chi connectivity index (χ3n) is 6.48. The van der Waals surface area contributed by atoms with Gasteiger partial charge in [-0.1, -0.05) is 36.4 Å². The normalized spacial score (nSPS) is 13.5. The summed E-state index contributed by atoms with van der Waals surface area (Å²) in [6.45, 7) is 2.87. The molecule has 0 unspecified atom stereocenters. The molecule has 4 rings (SSSR count). The number of halogens is 2. The maximum Gasteiger partial charge on any atom is 0.221 e. The van der Waals surface area contributed by atoms with Gasteiger partial charge in [0.15, 0.2) is 0 Å². The van der Waals surface area contributed by atoms with Crippen LogP contribution in [0, 0.1) is 11.6 Å². The van der Waals surface area contributed by atoms with Crippen molar-refractivity contribution in [1.29, 1.82) is 0 Å². The fraction of sp³-hybridized carbons (Fsp3) is 0.321. The number of hydrogen-bond donors (Lipinski definition) is 1. The molecule has 1 aliphatic heterocycles. The zero-order chi connectivity index (χ0) is 23.9. The van der Waals surface area contributed by atoms with Crippen LogP contribution in [0.15, 0.2) is 66.7 Å². The molecule has 0 bridgehead atoms. The van der Waals surface area contributed by atoms with E-state index in [1.54, 1.807) is 31.4 Å². The van der Waals surface area contributed by atoms with Crippen molar-refractivity contribution < 1.29 is 18.3 Å². The molecule has 178 valence electrons. The van der Waals surface area contributed by atoms with Crippen molar-refractivity contribution in [3.63, 3.8) is 0 Å². The lowest BCUT2D eigenvalue weighted by atomic mass is 9.88. The highest BCUT2D eigenvalue weighted by Gasteiger charge is 2.20. The fourth-order valence-electron chi connectivity index (χ4n) is 4.61. The molecule has 6 heteroatoms. The summed E-state index contributed by atoms with van der Waals surface area (Å²) in [4.78, 5) is 14.8. The summed E-state index contributed by atoms with van der Waals surface area (Å²) in [5.41, 5.74) is 4.39. The molecule has 4 nitrogen and oxygen atoms in total. The quantitative estimate of drug-likeness (QED) is 0.481. The minimum absolute atomic E-state index is 0.00258. The van der Waals surface area contributed by atoms with E-state index in [1.807, 2.05) is 12.1 Å². The van der Waals surface area contributed by atoms with E-state index < -0.39 is 0 Å². The van der Waals surface area contributed by atoms with Gasteiger partial charge in [-0.05, 0) is 59.9 Å². The Balaban J connectivity index is 1.30. The molecule has 0 aliphatic carbocycles. The number of nitrogens with one attached hydrogen (secondary N) is 1. The third-order valence-corrected chi connectivity index (χ3v) is 6.48. The smallest absolute Gasteiger partial charge is 0.221 e. The van der Waals surface area contributed by atoms with E-state index >= 15 is 0 Å². The van der Waals surface area contributed by atoms with Crippen LogP contribution in [-0.4, -0.2) is 37.6 Å². The van der Waals surface area contributed by atoms with Gasteiger partial charge in [-0.2, -0.15) is 0 Å². The Bertz CT molecular complexity index is 1040. The Hall–Kier alpha value is -3.25. The lowest BCUT2D eigenvalue weighted by molar-refractivity contribution is -0.121. The Morgan fingerprint density at radius 1 is 1.00 bits per heavy atom. The van der Waals surface area contributed by atoms with Gasteiger partial charge in [0.2, 0.25) is 5.91 Å². The first-order chi connectivity index (χ1) is 16.5. The summed E-state index contributed by atoms with van der Waals surface area (Å²) in [5, 5.41) is 3.02. The SMILES string of the molecule is COc1cccc2c1CN(CCC(=O)NCCC(c1ccc(F)cc1)c1ccc(F)cc1)CC2. The van der Waals surface area contributed by atoms with Crippen molar-refractivity contribution in [1.82, 2.24) is 10.2 Å². The van der Waals surface area contributed by atoms with Crippen LogP contribution in [-0.2, 0) is 17.8 Å². The Morgan fingerprint density at radius 3 is 2.26 bits per heavy atom. The number of methoxy groups -OCH3 is 1. The monoisotopic (exact) mass is 464 g/mol. The number of benzene rings is 3. The van der Waals surface area contributed by atoms with E-state index in [4.69, 9.17) is 4.74 Å². The molecule has 0 fully saturated rings. The molecule has 1 heterocycles. The predicted molar refractivity (Wildman–Crippen MR) is 129 cm³/mol. The number of hydrogen-bond acceptors (Lipinski definition) is 3. The van der Waals surface area contributed by atoms with Crippen LogP contribution in [0.3, 0.4) is 0 Å². The van der Waals surface area contributed by atoms with E-state index in [-0.39, 0.29) is 23.5 Å². The first kappa shape index (κ1) is 23.9. The number of amides is 1. The van der Waals surface area contributed by atoms with Crippen molar-refractivity contribution in [3.8, 4) is 5.75 Å². The molecule has 34 heavy (non-hydrogen) atoms. The van der Waals surface area contributed by atoms with Gasteiger partial charge in [0.1, 0.15) is 17.4 Å². The highest BCUT2D eigenvalue weighted by Crippen LogP contribution is 2.29. The second-order valence-corrected chi connectivity index (χ2v) is 8.67. The van der Waals surface area contributed by atoms with Gasteiger partial charge in [0.05, 0.1) is 7.11 Å². The molecule has 0 saturated heterocycles. The number of ether oxygens (including phenoxy) is 1. The highest BCUT2D eigenvalue weighted by atomic mass is 19.1. The van der Waals surface area contributed by atoms with Crippen LogP contribution in [0.5, 0.6) is 5.75 Å². The lowest BCUT2D eigenvalue weighted by Crippen LogP contribution is -2.35. The third kappa shape index (κ3) is 6.00. The van der Waals surface area contributed by atoms with Gasteiger partial charge in [0.25, 0.3) is 0 Å². The Labute approximate surface area is 199 Å².